The van der Waals surface area contributed by atoms with Crippen LogP contribution in [0.3, 0.4) is 0 Å². The third-order valence-corrected chi connectivity index (χ3v) is 5.87. The van der Waals surface area contributed by atoms with Crippen molar-refractivity contribution in [2.24, 2.45) is 0 Å². The standard InChI is InChI=1S/C16H15N3O3S3/c1-3-22-12(20)6-11-8-24-16(18-11)19-14(21)13-9(2)17-15(25-13)10-4-5-23-7-10/h4-5,7-8H,3,6H2,1-2H3,(H,18,19,21). The zero-order valence-electron chi connectivity index (χ0n) is 13.6. The van der Waals surface area contributed by atoms with E-state index in [4.69, 9.17) is 4.74 Å². The second kappa shape index (κ2) is 7.85. The third-order valence-electron chi connectivity index (χ3n) is 3.17. The van der Waals surface area contributed by atoms with Crippen molar-refractivity contribution in [1.29, 1.82) is 0 Å². The van der Waals surface area contributed by atoms with Gasteiger partial charge in [-0.2, -0.15) is 11.3 Å². The number of carbonyl (C=O) groups is 2. The predicted octanol–water partition coefficient (Wildman–Crippen LogP) is 3.99. The maximum Gasteiger partial charge on any atom is 0.311 e. The van der Waals surface area contributed by atoms with Crippen LogP contribution in [0.1, 0.15) is 28.0 Å². The van der Waals surface area contributed by atoms with Crippen molar-refractivity contribution in [3.05, 3.63) is 38.5 Å². The number of nitrogens with zero attached hydrogens (tertiary/aromatic N) is 2. The van der Waals surface area contributed by atoms with Gasteiger partial charge >= 0.3 is 5.97 Å². The van der Waals surface area contributed by atoms with Crippen LogP contribution < -0.4 is 5.32 Å². The highest BCUT2D eigenvalue weighted by Gasteiger charge is 2.18. The van der Waals surface area contributed by atoms with Gasteiger partial charge in [0.15, 0.2) is 5.13 Å². The van der Waals surface area contributed by atoms with Gasteiger partial charge in [-0.05, 0) is 25.3 Å². The molecular formula is C16H15N3O3S3. The van der Waals surface area contributed by atoms with Crippen LogP contribution in [0, 0.1) is 6.92 Å². The van der Waals surface area contributed by atoms with Crippen LogP contribution in [0.5, 0.6) is 0 Å². The molecule has 0 fully saturated rings. The summed E-state index contributed by atoms with van der Waals surface area (Å²) in [5.74, 6) is -0.571. The molecule has 0 aliphatic carbocycles. The Labute approximate surface area is 156 Å². The molecule has 0 spiro atoms. The quantitative estimate of drug-likeness (QED) is 0.640. The first-order valence-corrected chi connectivity index (χ1v) is 10.1. The minimum atomic E-state index is -0.329. The largest absolute Gasteiger partial charge is 0.466 e. The Morgan fingerprint density at radius 2 is 2.12 bits per heavy atom. The fraction of sp³-hybridized carbons (Fsp3) is 0.250. The predicted molar refractivity (Wildman–Crippen MR) is 101 cm³/mol. The van der Waals surface area contributed by atoms with E-state index in [1.54, 1.807) is 23.6 Å². The van der Waals surface area contributed by atoms with E-state index in [-0.39, 0.29) is 18.3 Å². The molecule has 9 heteroatoms. The van der Waals surface area contributed by atoms with E-state index in [0.717, 1.165) is 10.6 Å². The van der Waals surface area contributed by atoms with Gasteiger partial charge in [-0.3, -0.25) is 14.9 Å². The van der Waals surface area contributed by atoms with Crippen molar-refractivity contribution in [3.8, 4) is 10.6 Å². The number of anilines is 1. The lowest BCUT2D eigenvalue weighted by molar-refractivity contribution is -0.142. The van der Waals surface area contributed by atoms with E-state index in [1.807, 2.05) is 23.8 Å². The van der Waals surface area contributed by atoms with E-state index in [0.29, 0.717) is 28.0 Å². The molecule has 0 saturated heterocycles. The molecule has 25 heavy (non-hydrogen) atoms. The summed E-state index contributed by atoms with van der Waals surface area (Å²) in [5.41, 5.74) is 2.29. The second-order valence-corrected chi connectivity index (χ2v) is 7.66. The maximum absolute atomic E-state index is 12.5. The minimum absolute atomic E-state index is 0.0993. The number of rotatable bonds is 6. The molecule has 3 rings (SSSR count). The molecule has 0 saturated carbocycles. The van der Waals surface area contributed by atoms with Crippen molar-refractivity contribution in [1.82, 2.24) is 9.97 Å². The van der Waals surface area contributed by atoms with E-state index in [1.165, 1.54) is 22.7 Å². The minimum Gasteiger partial charge on any atom is -0.466 e. The molecule has 0 aromatic carbocycles. The highest BCUT2D eigenvalue weighted by Crippen LogP contribution is 2.30. The van der Waals surface area contributed by atoms with Gasteiger partial charge in [0.2, 0.25) is 0 Å². The summed E-state index contributed by atoms with van der Waals surface area (Å²) in [5, 5.41) is 9.77. The summed E-state index contributed by atoms with van der Waals surface area (Å²) in [6.07, 6.45) is 0.0993. The lowest BCUT2D eigenvalue weighted by Gasteiger charge is -2.00. The van der Waals surface area contributed by atoms with E-state index in [9.17, 15) is 9.59 Å². The first kappa shape index (κ1) is 17.7. The van der Waals surface area contributed by atoms with Gasteiger partial charge in [0.25, 0.3) is 5.91 Å². The van der Waals surface area contributed by atoms with E-state index in [2.05, 4.69) is 15.3 Å². The van der Waals surface area contributed by atoms with Crippen LogP contribution in [0.25, 0.3) is 10.6 Å². The number of esters is 1. The number of thiazole rings is 2. The van der Waals surface area contributed by atoms with E-state index < -0.39 is 0 Å². The van der Waals surface area contributed by atoms with Gasteiger partial charge < -0.3 is 4.74 Å². The molecule has 0 atom stereocenters. The first-order chi connectivity index (χ1) is 12.1. The molecule has 6 nitrogen and oxygen atoms in total. The van der Waals surface area contributed by atoms with E-state index >= 15 is 0 Å². The Kier molecular flexibility index (Phi) is 5.57. The van der Waals surface area contributed by atoms with Crippen LogP contribution in [0.2, 0.25) is 0 Å². The molecule has 130 valence electrons. The molecule has 1 amide bonds. The molecule has 0 aliphatic rings. The highest BCUT2D eigenvalue weighted by molar-refractivity contribution is 7.18. The zero-order valence-corrected chi connectivity index (χ0v) is 16.0. The van der Waals surface area contributed by atoms with Gasteiger partial charge in [-0.25, -0.2) is 9.97 Å². The molecule has 3 heterocycles. The lowest BCUT2D eigenvalue weighted by Crippen LogP contribution is -2.12. The van der Waals surface area contributed by atoms with Crippen molar-refractivity contribution in [2.45, 2.75) is 20.3 Å². The summed E-state index contributed by atoms with van der Waals surface area (Å²) in [6, 6.07) is 1.98. The number of hydrogen-bond donors (Lipinski definition) is 1. The summed E-state index contributed by atoms with van der Waals surface area (Å²) >= 11 is 4.22. The Hall–Kier alpha value is -2.10. The number of ether oxygens (including phenoxy) is 1. The zero-order chi connectivity index (χ0) is 17.8. The molecule has 1 N–H and O–H groups in total. The van der Waals surface area contributed by atoms with Gasteiger partial charge in [-0.15, -0.1) is 22.7 Å². The molecule has 0 unspecified atom stereocenters. The summed E-state index contributed by atoms with van der Waals surface area (Å²) < 4.78 is 4.89. The van der Waals surface area contributed by atoms with Crippen molar-refractivity contribution in [3.63, 3.8) is 0 Å². The SMILES string of the molecule is CCOC(=O)Cc1csc(NC(=O)c2sc(-c3ccsc3)nc2C)n1. The van der Waals surface area contributed by atoms with Crippen LogP contribution in [0.15, 0.2) is 22.2 Å². The number of amides is 1. The Balaban J connectivity index is 1.69. The van der Waals surface area contributed by atoms with Gasteiger partial charge in [0.1, 0.15) is 9.88 Å². The molecule has 3 aromatic heterocycles. The number of hydrogen-bond acceptors (Lipinski definition) is 8. The maximum atomic E-state index is 12.5. The average Bonchev–Trinajstić information content (AvgIpc) is 3.28. The Morgan fingerprint density at radius 3 is 2.84 bits per heavy atom. The molecule has 3 aromatic rings. The topological polar surface area (TPSA) is 81.2 Å². The monoisotopic (exact) mass is 393 g/mol. The number of carbonyl (C=O) groups excluding carboxylic acids is 2. The number of aromatic nitrogens is 2. The van der Waals surface area contributed by atoms with Crippen LogP contribution >= 0.6 is 34.0 Å². The Bertz CT molecular complexity index is 884. The third kappa shape index (κ3) is 4.30. The smallest absolute Gasteiger partial charge is 0.311 e. The summed E-state index contributed by atoms with van der Waals surface area (Å²) in [4.78, 5) is 33.2. The first-order valence-electron chi connectivity index (χ1n) is 7.48. The van der Waals surface area contributed by atoms with Crippen molar-refractivity contribution >= 4 is 51.0 Å². The van der Waals surface area contributed by atoms with Crippen LogP contribution in [-0.2, 0) is 16.0 Å². The molecule has 0 bridgehead atoms. The normalized spacial score (nSPS) is 10.6. The fourth-order valence-electron chi connectivity index (χ4n) is 2.08. The van der Waals surface area contributed by atoms with Crippen molar-refractivity contribution in [2.75, 3.05) is 11.9 Å². The van der Waals surface area contributed by atoms with Crippen molar-refractivity contribution < 1.29 is 14.3 Å². The number of aryl methyl sites for hydroxylation is 1. The molecule has 0 radical (unpaired) electrons. The number of nitrogens with one attached hydrogen (secondary N) is 1. The highest BCUT2D eigenvalue weighted by atomic mass is 32.1. The van der Waals surface area contributed by atoms with Crippen LogP contribution in [-0.4, -0.2) is 28.5 Å². The summed E-state index contributed by atoms with van der Waals surface area (Å²) in [7, 11) is 0. The molecular weight excluding hydrogens is 378 g/mol. The van der Waals surface area contributed by atoms with Gasteiger partial charge in [-0.1, -0.05) is 0 Å². The summed E-state index contributed by atoms with van der Waals surface area (Å²) in [6.45, 7) is 3.91. The van der Waals surface area contributed by atoms with Gasteiger partial charge in [0, 0.05) is 16.3 Å². The molecule has 0 aliphatic heterocycles. The lowest BCUT2D eigenvalue weighted by atomic mass is 10.3. The average molecular weight is 394 g/mol. The van der Waals surface area contributed by atoms with Crippen LogP contribution in [0.4, 0.5) is 5.13 Å². The van der Waals surface area contributed by atoms with Gasteiger partial charge in [0.05, 0.1) is 24.4 Å². The Morgan fingerprint density at radius 1 is 1.28 bits per heavy atom. The number of thiophene rings is 1. The second-order valence-electron chi connectivity index (χ2n) is 5.03. The fourth-order valence-corrected chi connectivity index (χ4v) is 4.45.